The van der Waals surface area contributed by atoms with E-state index in [4.69, 9.17) is 5.73 Å². The van der Waals surface area contributed by atoms with Crippen LogP contribution < -0.4 is 5.73 Å². The molecule has 0 radical (unpaired) electrons. The maximum Gasteiger partial charge on any atom is 0.126 e. The van der Waals surface area contributed by atoms with Crippen molar-refractivity contribution >= 4 is 21.7 Å². The molecule has 2 N–H and O–H groups in total. The minimum atomic E-state index is 0.569. The largest absolute Gasteiger partial charge is 0.383 e. The van der Waals surface area contributed by atoms with Crippen LogP contribution in [0.1, 0.15) is 11.3 Å². The Morgan fingerprint density at radius 2 is 2.07 bits per heavy atom. The summed E-state index contributed by atoms with van der Waals surface area (Å²) in [4.78, 5) is 8.38. The van der Waals surface area contributed by atoms with Crippen LogP contribution in [-0.4, -0.2) is 9.97 Å². The summed E-state index contributed by atoms with van der Waals surface area (Å²) in [6.45, 7) is 0. The van der Waals surface area contributed by atoms with Crippen LogP contribution >= 0.6 is 15.9 Å². The zero-order chi connectivity index (χ0) is 10.7. The van der Waals surface area contributed by atoms with E-state index in [-0.39, 0.29) is 0 Å². The lowest BCUT2D eigenvalue weighted by molar-refractivity contribution is 1.05. The molecule has 0 aliphatic rings. The second-order valence-corrected chi connectivity index (χ2v) is 3.99. The lowest BCUT2D eigenvalue weighted by Crippen LogP contribution is -1.99. The highest BCUT2D eigenvalue weighted by atomic mass is 79.9. The van der Waals surface area contributed by atoms with E-state index in [9.17, 15) is 0 Å². The number of anilines is 1. The van der Waals surface area contributed by atoms with Crippen LogP contribution in [0.2, 0.25) is 0 Å². The Labute approximate surface area is 96.5 Å². The third kappa shape index (κ3) is 2.53. The van der Waals surface area contributed by atoms with Gasteiger partial charge < -0.3 is 5.73 Å². The SMILES string of the molecule is Nc1ncccc1Cc1cccc(Br)n1. The van der Waals surface area contributed by atoms with Crippen molar-refractivity contribution in [2.24, 2.45) is 0 Å². The van der Waals surface area contributed by atoms with Gasteiger partial charge in [0, 0.05) is 23.9 Å². The van der Waals surface area contributed by atoms with Gasteiger partial charge in [0.1, 0.15) is 10.4 Å². The first-order chi connectivity index (χ1) is 7.25. The third-order valence-corrected chi connectivity index (χ3v) is 2.51. The number of hydrogen-bond acceptors (Lipinski definition) is 3. The Balaban J connectivity index is 2.26. The van der Waals surface area contributed by atoms with Crippen LogP contribution in [-0.2, 0) is 6.42 Å². The lowest BCUT2D eigenvalue weighted by atomic mass is 10.1. The molecule has 4 heteroatoms. The summed E-state index contributed by atoms with van der Waals surface area (Å²) < 4.78 is 0.836. The molecule has 0 amide bonds. The van der Waals surface area contributed by atoms with E-state index in [0.29, 0.717) is 12.2 Å². The van der Waals surface area contributed by atoms with E-state index in [1.54, 1.807) is 6.20 Å². The first-order valence-electron chi connectivity index (χ1n) is 4.56. The predicted molar refractivity (Wildman–Crippen MR) is 63.4 cm³/mol. The summed E-state index contributed by atoms with van der Waals surface area (Å²) >= 11 is 3.34. The predicted octanol–water partition coefficient (Wildman–Crippen LogP) is 2.41. The summed E-state index contributed by atoms with van der Waals surface area (Å²) in [5.41, 5.74) is 7.73. The van der Waals surface area contributed by atoms with Gasteiger partial charge in [-0.05, 0) is 34.1 Å². The first kappa shape index (κ1) is 10.1. The molecule has 2 aromatic heterocycles. The van der Waals surface area contributed by atoms with E-state index in [1.807, 2.05) is 30.3 Å². The normalized spacial score (nSPS) is 10.2. The van der Waals surface area contributed by atoms with Crippen molar-refractivity contribution in [1.82, 2.24) is 9.97 Å². The number of pyridine rings is 2. The Morgan fingerprint density at radius 3 is 2.80 bits per heavy atom. The van der Waals surface area contributed by atoms with E-state index >= 15 is 0 Å². The number of nitrogen functional groups attached to an aromatic ring is 1. The molecule has 2 aromatic rings. The van der Waals surface area contributed by atoms with Gasteiger partial charge in [0.15, 0.2) is 0 Å². The zero-order valence-corrected chi connectivity index (χ0v) is 9.61. The molecule has 0 atom stereocenters. The quantitative estimate of drug-likeness (QED) is 0.847. The van der Waals surface area contributed by atoms with Crippen molar-refractivity contribution in [2.45, 2.75) is 6.42 Å². The molecule has 76 valence electrons. The molecule has 0 unspecified atom stereocenters. The fourth-order valence-corrected chi connectivity index (χ4v) is 1.72. The fourth-order valence-electron chi connectivity index (χ4n) is 1.34. The Kier molecular flexibility index (Phi) is 2.97. The molecule has 0 saturated heterocycles. The Morgan fingerprint density at radius 1 is 1.20 bits per heavy atom. The molecule has 15 heavy (non-hydrogen) atoms. The van der Waals surface area contributed by atoms with Gasteiger partial charge >= 0.3 is 0 Å². The van der Waals surface area contributed by atoms with Crippen LogP contribution in [0.3, 0.4) is 0 Å². The monoisotopic (exact) mass is 263 g/mol. The van der Waals surface area contributed by atoms with Crippen molar-refractivity contribution < 1.29 is 0 Å². The summed E-state index contributed by atoms with van der Waals surface area (Å²) in [7, 11) is 0. The van der Waals surface area contributed by atoms with Gasteiger partial charge in [0.05, 0.1) is 0 Å². The standard InChI is InChI=1S/C11H10BrN3/c12-10-5-1-4-9(15-10)7-8-3-2-6-14-11(8)13/h1-6H,7H2,(H2,13,14). The Bertz CT molecular complexity index is 471. The van der Waals surface area contributed by atoms with Crippen LogP contribution in [0.5, 0.6) is 0 Å². The van der Waals surface area contributed by atoms with Gasteiger partial charge in [-0.25, -0.2) is 9.97 Å². The van der Waals surface area contributed by atoms with E-state index in [0.717, 1.165) is 15.9 Å². The van der Waals surface area contributed by atoms with Gasteiger partial charge in [-0.2, -0.15) is 0 Å². The maximum atomic E-state index is 5.76. The van der Waals surface area contributed by atoms with Crippen molar-refractivity contribution in [3.05, 3.63) is 52.4 Å². The molecule has 0 bridgehead atoms. The highest BCUT2D eigenvalue weighted by molar-refractivity contribution is 9.10. The topological polar surface area (TPSA) is 51.8 Å². The molecule has 0 saturated carbocycles. The molecular formula is C11H10BrN3. The summed E-state index contributed by atoms with van der Waals surface area (Å²) in [5.74, 6) is 0.569. The minimum absolute atomic E-state index is 0.569. The molecular weight excluding hydrogens is 254 g/mol. The lowest BCUT2D eigenvalue weighted by Gasteiger charge is -2.03. The molecule has 0 fully saturated rings. The van der Waals surface area contributed by atoms with Crippen molar-refractivity contribution in [2.75, 3.05) is 5.73 Å². The third-order valence-electron chi connectivity index (χ3n) is 2.07. The van der Waals surface area contributed by atoms with E-state index in [2.05, 4.69) is 25.9 Å². The van der Waals surface area contributed by atoms with Gasteiger partial charge in [-0.15, -0.1) is 0 Å². The van der Waals surface area contributed by atoms with Gasteiger partial charge in [-0.3, -0.25) is 0 Å². The number of halogens is 1. The minimum Gasteiger partial charge on any atom is -0.383 e. The summed E-state index contributed by atoms with van der Waals surface area (Å²) in [6, 6.07) is 9.67. The molecule has 2 rings (SSSR count). The molecule has 0 aromatic carbocycles. The second-order valence-electron chi connectivity index (χ2n) is 3.18. The zero-order valence-electron chi connectivity index (χ0n) is 8.02. The van der Waals surface area contributed by atoms with Gasteiger partial charge in [-0.1, -0.05) is 12.1 Å². The van der Waals surface area contributed by atoms with Crippen LogP contribution in [0.4, 0.5) is 5.82 Å². The highest BCUT2D eigenvalue weighted by Gasteiger charge is 2.02. The number of nitrogens with two attached hydrogens (primary N) is 1. The maximum absolute atomic E-state index is 5.76. The fraction of sp³-hybridized carbons (Fsp3) is 0.0909. The number of hydrogen-bond donors (Lipinski definition) is 1. The highest BCUT2D eigenvalue weighted by Crippen LogP contribution is 2.14. The summed E-state index contributed by atoms with van der Waals surface area (Å²) in [6.07, 6.45) is 2.40. The molecule has 2 heterocycles. The van der Waals surface area contributed by atoms with E-state index in [1.165, 1.54) is 0 Å². The average Bonchev–Trinajstić information content (AvgIpc) is 2.22. The van der Waals surface area contributed by atoms with Gasteiger partial charge in [0.2, 0.25) is 0 Å². The van der Waals surface area contributed by atoms with Crippen LogP contribution in [0.25, 0.3) is 0 Å². The summed E-state index contributed by atoms with van der Waals surface area (Å²) in [5, 5.41) is 0. The van der Waals surface area contributed by atoms with Crippen LogP contribution in [0.15, 0.2) is 41.1 Å². The molecule has 0 aliphatic carbocycles. The first-order valence-corrected chi connectivity index (χ1v) is 5.36. The van der Waals surface area contributed by atoms with Crippen molar-refractivity contribution in [3.63, 3.8) is 0 Å². The Hall–Kier alpha value is -1.42. The second kappa shape index (κ2) is 4.40. The molecule has 3 nitrogen and oxygen atoms in total. The number of rotatable bonds is 2. The smallest absolute Gasteiger partial charge is 0.126 e. The van der Waals surface area contributed by atoms with Gasteiger partial charge in [0.25, 0.3) is 0 Å². The molecule has 0 aliphatic heterocycles. The number of aromatic nitrogens is 2. The van der Waals surface area contributed by atoms with E-state index < -0.39 is 0 Å². The van der Waals surface area contributed by atoms with Crippen molar-refractivity contribution in [3.8, 4) is 0 Å². The van der Waals surface area contributed by atoms with Crippen LogP contribution in [0, 0.1) is 0 Å². The number of nitrogens with zero attached hydrogens (tertiary/aromatic N) is 2. The van der Waals surface area contributed by atoms with Crippen molar-refractivity contribution in [1.29, 1.82) is 0 Å². The molecule has 0 spiro atoms. The average molecular weight is 264 g/mol.